The molecule has 19 heavy (non-hydrogen) atoms. The predicted octanol–water partition coefficient (Wildman–Crippen LogP) is 2.02. The minimum atomic E-state index is -0.442. The first-order valence-electron chi connectivity index (χ1n) is 6.58. The summed E-state index contributed by atoms with van der Waals surface area (Å²) in [5.41, 5.74) is 0.390. The Morgan fingerprint density at radius 1 is 1.21 bits per heavy atom. The number of halogens is 1. The maximum atomic E-state index is 13.3. The molecule has 3 rings (SSSR count). The van der Waals surface area contributed by atoms with Gasteiger partial charge in [-0.05, 0) is 18.9 Å². The third-order valence-corrected chi connectivity index (χ3v) is 3.85. The SMILES string of the molecule is O=[N+]([O-])c1ccc(F)cc1N1CCN(C2CC2)CC1. The van der Waals surface area contributed by atoms with Crippen molar-refractivity contribution in [3.63, 3.8) is 0 Å². The second-order valence-corrected chi connectivity index (χ2v) is 5.14. The summed E-state index contributed by atoms with van der Waals surface area (Å²) in [5.74, 6) is -0.426. The first-order chi connectivity index (χ1) is 9.15. The largest absolute Gasteiger partial charge is 0.363 e. The van der Waals surface area contributed by atoms with Crippen molar-refractivity contribution < 1.29 is 9.31 Å². The molecule has 5 nitrogen and oxygen atoms in total. The van der Waals surface area contributed by atoms with Crippen molar-refractivity contribution >= 4 is 11.4 Å². The highest BCUT2D eigenvalue weighted by Gasteiger charge is 2.32. The normalized spacial score (nSPS) is 20.6. The molecule has 0 amide bonds. The first kappa shape index (κ1) is 12.3. The average Bonchev–Trinajstić information content (AvgIpc) is 3.23. The Kier molecular flexibility index (Phi) is 3.10. The molecule has 0 bridgehead atoms. The van der Waals surface area contributed by atoms with E-state index in [-0.39, 0.29) is 5.69 Å². The maximum Gasteiger partial charge on any atom is 0.292 e. The zero-order valence-corrected chi connectivity index (χ0v) is 10.6. The molecule has 0 atom stereocenters. The van der Waals surface area contributed by atoms with Gasteiger partial charge in [-0.2, -0.15) is 0 Å². The molecular formula is C13H16FN3O2. The van der Waals surface area contributed by atoms with Crippen LogP contribution in [0.2, 0.25) is 0 Å². The molecule has 1 aliphatic carbocycles. The highest BCUT2D eigenvalue weighted by Crippen LogP contribution is 2.32. The number of hydrogen-bond donors (Lipinski definition) is 0. The molecule has 6 heteroatoms. The summed E-state index contributed by atoms with van der Waals surface area (Å²) in [6.07, 6.45) is 2.53. The Morgan fingerprint density at radius 2 is 1.89 bits per heavy atom. The number of piperazine rings is 1. The monoisotopic (exact) mass is 265 g/mol. The summed E-state index contributed by atoms with van der Waals surface area (Å²) in [4.78, 5) is 14.9. The van der Waals surface area contributed by atoms with Gasteiger partial charge in [-0.15, -0.1) is 0 Å². The molecule has 1 heterocycles. The van der Waals surface area contributed by atoms with Gasteiger partial charge in [0.25, 0.3) is 5.69 Å². The third-order valence-electron chi connectivity index (χ3n) is 3.85. The molecule has 0 spiro atoms. The molecule has 2 fully saturated rings. The van der Waals surface area contributed by atoms with Gasteiger partial charge in [-0.1, -0.05) is 0 Å². The van der Waals surface area contributed by atoms with Crippen LogP contribution >= 0.6 is 0 Å². The fourth-order valence-corrected chi connectivity index (χ4v) is 2.67. The number of nitrogens with zero attached hydrogens (tertiary/aromatic N) is 3. The quantitative estimate of drug-likeness (QED) is 0.619. The van der Waals surface area contributed by atoms with Gasteiger partial charge in [0, 0.05) is 44.4 Å². The fourth-order valence-electron chi connectivity index (χ4n) is 2.67. The van der Waals surface area contributed by atoms with E-state index in [1.54, 1.807) is 0 Å². The number of anilines is 1. The topological polar surface area (TPSA) is 49.6 Å². The van der Waals surface area contributed by atoms with E-state index in [9.17, 15) is 14.5 Å². The first-order valence-corrected chi connectivity index (χ1v) is 6.58. The summed E-state index contributed by atoms with van der Waals surface area (Å²) in [5, 5.41) is 11.0. The van der Waals surface area contributed by atoms with E-state index in [2.05, 4.69) is 4.90 Å². The lowest BCUT2D eigenvalue weighted by molar-refractivity contribution is -0.384. The lowest BCUT2D eigenvalue weighted by atomic mass is 10.2. The van der Waals surface area contributed by atoms with Gasteiger partial charge in [-0.3, -0.25) is 15.0 Å². The van der Waals surface area contributed by atoms with Crippen LogP contribution in [0.15, 0.2) is 18.2 Å². The van der Waals surface area contributed by atoms with E-state index >= 15 is 0 Å². The van der Waals surface area contributed by atoms with Crippen LogP contribution in [0.3, 0.4) is 0 Å². The second kappa shape index (κ2) is 4.77. The van der Waals surface area contributed by atoms with Crippen molar-refractivity contribution in [2.24, 2.45) is 0 Å². The van der Waals surface area contributed by atoms with Crippen LogP contribution in [0.5, 0.6) is 0 Å². The average molecular weight is 265 g/mol. The van der Waals surface area contributed by atoms with Crippen molar-refractivity contribution in [1.29, 1.82) is 0 Å². The summed E-state index contributed by atoms with van der Waals surface area (Å²) in [6, 6.07) is 4.37. The second-order valence-electron chi connectivity index (χ2n) is 5.14. The molecule has 1 aliphatic heterocycles. The van der Waals surface area contributed by atoms with Gasteiger partial charge in [-0.25, -0.2) is 4.39 Å². The number of benzene rings is 1. The third kappa shape index (κ3) is 2.53. The van der Waals surface area contributed by atoms with Gasteiger partial charge >= 0.3 is 0 Å². The van der Waals surface area contributed by atoms with Gasteiger partial charge < -0.3 is 4.90 Å². The molecule has 0 radical (unpaired) electrons. The van der Waals surface area contributed by atoms with E-state index in [0.717, 1.165) is 32.2 Å². The molecule has 0 N–H and O–H groups in total. The molecule has 1 aromatic carbocycles. The number of hydrogen-bond acceptors (Lipinski definition) is 4. The zero-order valence-electron chi connectivity index (χ0n) is 10.6. The highest BCUT2D eigenvalue weighted by atomic mass is 19.1. The van der Waals surface area contributed by atoms with Crippen LogP contribution in [0, 0.1) is 15.9 Å². The Morgan fingerprint density at radius 3 is 2.47 bits per heavy atom. The molecule has 0 aromatic heterocycles. The Bertz CT molecular complexity index is 497. The van der Waals surface area contributed by atoms with E-state index < -0.39 is 10.7 Å². The lowest BCUT2D eigenvalue weighted by Crippen LogP contribution is -2.47. The summed E-state index contributed by atoms with van der Waals surface area (Å²) >= 11 is 0. The summed E-state index contributed by atoms with van der Waals surface area (Å²) < 4.78 is 13.3. The van der Waals surface area contributed by atoms with E-state index in [1.807, 2.05) is 4.90 Å². The minimum Gasteiger partial charge on any atom is -0.363 e. The van der Waals surface area contributed by atoms with Crippen LogP contribution in [-0.2, 0) is 0 Å². The molecule has 102 valence electrons. The summed E-state index contributed by atoms with van der Waals surface area (Å²) in [6.45, 7) is 3.25. The van der Waals surface area contributed by atoms with E-state index in [1.165, 1.54) is 25.0 Å². The molecule has 0 unspecified atom stereocenters. The van der Waals surface area contributed by atoms with Crippen molar-refractivity contribution in [3.8, 4) is 0 Å². The van der Waals surface area contributed by atoms with Crippen LogP contribution in [0.4, 0.5) is 15.8 Å². The molecule has 1 saturated heterocycles. The molecular weight excluding hydrogens is 249 g/mol. The molecule has 2 aliphatic rings. The van der Waals surface area contributed by atoms with Crippen LogP contribution < -0.4 is 4.90 Å². The maximum absolute atomic E-state index is 13.3. The van der Waals surface area contributed by atoms with Crippen LogP contribution in [-0.4, -0.2) is 42.0 Å². The zero-order chi connectivity index (χ0) is 13.4. The van der Waals surface area contributed by atoms with Crippen molar-refractivity contribution in [3.05, 3.63) is 34.1 Å². The van der Waals surface area contributed by atoms with Gasteiger partial charge in [0.15, 0.2) is 0 Å². The van der Waals surface area contributed by atoms with Gasteiger partial charge in [0.2, 0.25) is 0 Å². The van der Waals surface area contributed by atoms with Gasteiger partial charge in [0.05, 0.1) is 4.92 Å². The fraction of sp³-hybridized carbons (Fsp3) is 0.538. The van der Waals surface area contributed by atoms with Crippen LogP contribution in [0.1, 0.15) is 12.8 Å². The number of nitro benzene ring substituents is 1. The van der Waals surface area contributed by atoms with Crippen LogP contribution in [0.25, 0.3) is 0 Å². The Balaban J connectivity index is 1.78. The predicted molar refractivity (Wildman–Crippen MR) is 69.9 cm³/mol. The minimum absolute atomic E-state index is 0.0127. The molecule has 1 saturated carbocycles. The smallest absolute Gasteiger partial charge is 0.292 e. The molecule has 1 aromatic rings. The number of nitro groups is 1. The van der Waals surface area contributed by atoms with Crippen molar-refractivity contribution in [2.45, 2.75) is 18.9 Å². The van der Waals surface area contributed by atoms with Crippen molar-refractivity contribution in [2.75, 3.05) is 31.1 Å². The standard InChI is InChI=1S/C13H16FN3O2/c14-10-1-4-12(17(18)19)13(9-10)16-7-5-15(6-8-16)11-2-3-11/h1,4,9,11H,2-3,5-8H2. The van der Waals surface area contributed by atoms with E-state index in [0.29, 0.717) is 11.7 Å². The van der Waals surface area contributed by atoms with E-state index in [4.69, 9.17) is 0 Å². The number of rotatable bonds is 3. The Hall–Kier alpha value is -1.69. The Labute approximate surface area is 110 Å². The van der Waals surface area contributed by atoms with Gasteiger partial charge in [0.1, 0.15) is 11.5 Å². The summed E-state index contributed by atoms with van der Waals surface area (Å²) in [7, 11) is 0. The van der Waals surface area contributed by atoms with Crippen molar-refractivity contribution in [1.82, 2.24) is 4.90 Å². The lowest BCUT2D eigenvalue weighted by Gasteiger charge is -2.35. The highest BCUT2D eigenvalue weighted by molar-refractivity contribution is 5.63.